The monoisotopic (exact) mass is 289 g/mol. The van der Waals surface area contributed by atoms with Crippen molar-refractivity contribution in [2.24, 2.45) is 0 Å². The second-order valence-electron chi connectivity index (χ2n) is 5.38. The molecular weight excluding hydrogens is 270 g/mol. The fraction of sp³-hybridized carbons (Fsp3) is 0.500. The van der Waals surface area contributed by atoms with Gasteiger partial charge in [0.15, 0.2) is 0 Å². The van der Waals surface area contributed by atoms with E-state index in [1.165, 1.54) is 23.3 Å². The number of tetrazole rings is 1. The van der Waals surface area contributed by atoms with E-state index in [1.807, 2.05) is 4.68 Å². The molecule has 1 aliphatic rings. The first-order valence-electron chi connectivity index (χ1n) is 7.01. The first-order valence-corrected chi connectivity index (χ1v) is 7.82. The Labute approximate surface area is 123 Å². The number of nitrogens with one attached hydrogen (secondary N) is 1. The average Bonchev–Trinajstić information content (AvgIpc) is 3.18. The molecule has 6 heteroatoms. The van der Waals surface area contributed by atoms with Crippen LogP contribution in [0, 0.1) is 0 Å². The third-order valence-corrected chi connectivity index (χ3v) is 4.30. The fourth-order valence-electron chi connectivity index (χ4n) is 1.96. The van der Waals surface area contributed by atoms with E-state index >= 15 is 0 Å². The number of hydrogen-bond acceptors (Lipinski definition) is 5. The molecule has 0 radical (unpaired) electrons. The minimum absolute atomic E-state index is 0.477. The van der Waals surface area contributed by atoms with Gasteiger partial charge in [0.2, 0.25) is 5.16 Å². The maximum absolute atomic E-state index is 4.15. The Morgan fingerprint density at radius 1 is 1.35 bits per heavy atom. The largest absolute Gasteiger partial charge is 0.310 e. The highest BCUT2D eigenvalue weighted by Gasteiger charge is 2.28. The molecule has 2 aromatic rings. The summed E-state index contributed by atoms with van der Waals surface area (Å²) >= 11 is 1.65. The lowest BCUT2D eigenvalue weighted by molar-refractivity contribution is 0.565. The number of nitrogens with zero attached hydrogens (tertiary/aromatic N) is 4. The minimum Gasteiger partial charge on any atom is -0.310 e. The smallest absolute Gasteiger partial charge is 0.214 e. The third-order valence-electron chi connectivity index (χ3n) is 3.23. The molecule has 0 bridgehead atoms. The molecule has 0 saturated heterocycles. The van der Waals surface area contributed by atoms with Gasteiger partial charge in [0.05, 0.1) is 6.04 Å². The second kappa shape index (κ2) is 5.93. The summed E-state index contributed by atoms with van der Waals surface area (Å²) in [6.45, 7) is 5.18. The third kappa shape index (κ3) is 3.19. The minimum atomic E-state index is 0.477. The first kappa shape index (κ1) is 13.6. The lowest BCUT2D eigenvalue weighted by Gasteiger charge is -2.11. The van der Waals surface area contributed by atoms with Crippen molar-refractivity contribution >= 4 is 11.8 Å². The standard InChI is InChI=1S/C14H19N5S/c1-10(2)15-9-11-5-3-4-6-13(11)20-14-16-17-18-19(14)12-7-8-12/h3-6,10,12,15H,7-9H2,1-2H3. The predicted molar refractivity (Wildman–Crippen MR) is 78.6 cm³/mol. The van der Waals surface area contributed by atoms with E-state index in [-0.39, 0.29) is 0 Å². The van der Waals surface area contributed by atoms with Crippen molar-refractivity contribution in [2.75, 3.05) is 0 Å². The zero-order valence-corrected chi connectivity index (χ0v) is 12.6. The van der Waals surface area contributed by atoms with Crippen molar-refractivity contribution in [1.29, 1.82) is 0 Å². The van der Waals surface area contributed by atoms with Crippen molar-refractivity contribution in [2.45, 2.75) is 55.4 Å². The highest BCUT2D eigenvalue weighted by Crippen LogP contribution is 2.38. The number of rotatable bonds is 6. The Hall–Kier alpha value is -1.40. The van der Waals surface area contributed by atoms with Crippen LogP contribution < -0.4 is 5.32 Å². The lowest BCUT2D eigenvalue weighted by atomic mass is 10.2. The summed E-state index contributed by atoms with van der Waals surface area (Å²) in [5.74, 6) is 0. The van der Waals surface area contributed by atoms with Gasteiger partial charge in [-0.3, -0.25) is 0 Å². The van der Waals surface area contributed by atoms with Crippen molar-refractivity contribution in [3.63, 3.8) is 0 Å². The van der Waals surface area contributed by atoms with Gasteiger partial charge < -0.3 is 5.32 Å². The molecule has 0 aliphatic heterocycles. The van der Waals surface area contributed by atoms with Gasteiger partial charge in [0.25, 0.3) is 0 Å². The Morgan fingerprint density at radius 2 is 2.15 bits per heavy atom. The van der Waals surface area contributed by atoms with Crippen molar-refractivity contribution in [1.82, 2.24) is 25.5 Å². The topological polar surface area (TPSA) is 55.6 Å². The fourth-order valence-corrected chi connectivity index (χ4v) is 2.93. The van der Waals surface area contributed by atoms with E-state index < -0.39 is 0 Å². The maximum Gasteiger partial charge on any atom is 0.214 e. The van der Waals surface area contributed by atoms with E-state index in [9.17, 15) is 0 Å². The molecule has 0 amide bonds. The van der Waals surface area contributed by atoms with Gasteiger partial charge in [-0.15, -0.1) is 5.10 Å². The van der Waals surface area contributed by atoms with E-state index in [4.69, 9.17) is 0 Å². The molecule has 1 N–H and O–H groups in total. The van der Waals surface area contributed by atoms with Crippen LogP contribution in [0.15, 0.2) is 34.3 Å². The second-order valence-corrected chi connectivity index (χ2v) is 6.39. The molecule has 3 rings (SSSR count). The summed E-state index contributed by atoms with van der Waals surface area (Å²) < 4.78 is 1.96. The van der Waals surface area contributed by atoms with Gasteiger partial charge in [0.1, 0.15) is 0 Å². The van der Waals surface area contributed by atoms with Crippen LogP contribution in [0.5, 0.6) is 0 Å². The van der Waals surface area contributed by atoms with E-state index in [2.05, 4.69) is 59.0 Å². The Balaban J connectivity index is 1.77. The van der Waals surface area contributed by atoms with Crippen molar-refractivity contribution in [3.8, 4) is 0 Å². The Kier molecular flexibility index (Phi) is 4.03. The van der Waals surface area contributed by atoms with Crippen molar-refractivity contribution in [3.05, 3.63) is 29.8 Å². The molecular formula is C14H19N5S. The molecule has 1 fully saturated rings. The predicted octanol–water partition coefficient (Wildman–Crippen LogP) is 2.66. The number of aromatic nitrogens is 4. The molecule has 106 valence electrons. The summed E-state index contributed by atoms with van der Waals surface area (Å²) in [5.41, 5.74) is 1.29. The van der Waals surface area contributed by atoms with Crippen LogP contribution in [-0.4, -0.2) is 26.2 Å². The molecule has 0 spiro atoms. The SMILES string of the molecule is CC(C)NCc1ccccc1Sc1nnnn1C1CC1. The van der Waals surface area contributed by atoms with E-state index in [0.717, 1.165) is 11.7 Å². The molecule has 0 unspecified atom stereocenters. The molecule has 20 heavy (non-hydrogen) atoms. The van der Waals surface area contributed by atoms with Gasteiger partial charge in [-0.2, -0.15) is 0 Å². The summed E-state index contributed by atoms with van der Waals surface area (Å²) in [4.78, 5) is 1.22. The van der Waals surface area contributed by atoms with Gasteiger partial charge in [-0.1, -0.05) is 32.0 Å². The Bertz CT molecular complexity index is 576. The molecule has 5 nitrogen and oxygen atoms in total. The molecule has 0 atom stereocenters. The summed E-state index contributed by atoms with van der Waals surface area (Å²) in [7, 11) is 0. The van der Waals surface area contributed by atoms with Crippen LogP contribution in [0.25, 0.3) is 0 Å². The van der Waals surface area contributed by atoms with Gasteiger partial charge >= 0.3 is 0 Å². The average molecular weight is 289 g/mol. The quantitative estimate of drug-likeness (QED) is 0.886. The summed E-state index contributed by atoms with van der Waals surface area (Å²) in [5, 5.41) is 16.4. The zero-order valence-electron chi connectivity index (χ0n) is 11.8. The Morgan fingerprint density at radius 3 is 2.90 bits per heavy atom. The normalized spacial score (nSPS) is 14.9. The molecule has 1 aromatic heterocycles. The van der Waals surface area contributed by atoms with Crippen LogP contribution >= 0.6 is 11.8 Å². The van der Waals surface area contributed by atoms with Crippen molar-refractivity contribution < 1.29 is 0 Å². The van der Waals surface area contributed by atoms with Crippen LogP contribution in [-0.2, 0) is 6.54 Å². The molecule has 1 aromatic carbocycles. The van der Waals surface area contributed by atoms with Gasteiger partial charge in [0, 0.05) is 17.5 Å². The van der Waals surface area contributed by atoms with Gasteiger partial charge in [-0.25, -0.2) is 4.68 Å². The lowest BCUT2D eigenvalue weighted by Crippen LogP contribution is -2.22. The molecule has 1 aliphatic carbocycles. The summed E-state index contributed by atoms with van der Waals surface area (Å²) in [6.07, 6.45) is 2.38. The summed E-state index contributed by atoms with van der Waals surface area (Å²) in [6, 6.07) is 9.41. The molecule has 1 saturated carbocycles. The van der Waals surface area contributed by atoms with Crippen LogP contribution in [0.4, 0.5) is 0 Å². The van der Waals surface area contributed by atoms with Crippen LogP contribution in [0.3, 0.4) is 0 Å². The number of benzene rings is 1. The highest BCUT2D eigenvalue weighted by molar-refractivity contribution is 7.99. The highest BCUT2D eigenvalue weighted by atomic mass is 32.2. The van der Waals surface area contributed by atoms with Gasteiger partial charge in [-0.05, 0) is 46.7 Å². The van der Waals surface area contributed by atoms with E-state index in [1.54, 1.807) is 11.8 Å². The number of hydrogen-bond donors (Lipinski definition) is 1. The van der Waals surface area contributed by atoms with Crippen LogP contribution in [0.1, 0.15) is 38.3 Å². The zero-order chi connectivity index (χ0) is 13.9. The van der Waals surface area contributed by atoms with Crippen LogP contribution in [0.2, 0.25) is 0 Å². The maximum atomic E-state index is 4.15. The molecule has 1 heterocycles. The first-order chi connectivity index (χ1) is 9.74. The van der Waals surface area contributed by atoms with E-state index in [0.29, 0.717) is 12.1 Å².